The van der Waals surface area contributed by atoms with Crippen molar-refractivity contribution in [2.45, 2.75) is 95.7 Å². The molecular weight excluding hydrogens is 556 g/mol. The molecule has 1 heterocycles. The smallest absolute Gasteiger partial charge is 0.305 e. The SMILES string of the molecule is CCCCCCCCCC(=O)NC(Cc1cn(C)c2ccccc12)C(=O)NC(CC(N)=O)C(=O)NC(CC(=O)O)C(N)=O. The van der Waals surface area contributed by atoms with Crippen molar-refractivity contribution >= 4 is 46.4 Å². The number of para-hydroxylation sites is 1. The van der Waals surface area contributed by atoms with Crippen LogP contribution >= 0.6 is 0 Å². The third-order valence-electron chi connectivity index (χ3n) is 7.14. The molecule has 0 aliphatic rings. The summed E-state index contributed by atoms with van der Waals surface area (Å²) in [5.74, 6) is -5.53. The summed E-state index contributed by atoms with van der Waals surface area (Å²) in [5.41, 5.74) is 12.2. The molecule has 0 radical (unpaired) electrons. The number of carbonyl (C=O) groups is 6. The molecule has 5 amide bonds. The first-order valence-corrected chi connectivity index (χ1v) is 14.6. The van der Waals surface area contributed by atoms with Crippen molar-refractivity contribution < 1.29 is 33.9 Å². The minimum absolute atomic E-state index is 0.0871. The van der Waals surface area contributed by atoms with Crippen LogP contribution in [0, 0.1) is 0 Å². The Labute approximate surface area is 251 Å². The fourth-order valence-corrected chi connectivity index (χ4v) is 4.88. The summed E-state index contributed by atoms with van der Waals surface area (Å²) in [7, 11) is 1.86. The highest BCUT2D eigenvalue weighted by molar-refractivity contribution is 5.97. The van der Waals surface area contributed by atoms with Crippen LogP contribution in [0.15, 0.2) is 30.5 Å². The number of aromatic nitrogens is 1. The average Bonchev–Trinajstić information content (AvgIpc) is 3.25. The Hall–Kier alpha value is -4.42. The molecule has 1 aromatic heterocycles. The number of fused-ring (bicyclic) bond motifs is 1. The van der Waals surface area contributed by atoms with Crippen molar-refractivity contribution in [1.82, 2.24) is 20.5 Å². The second-order valence-electron chi connectivity index (χ2n) is 10.8. The molecule has 0 saturated heterocycles. The fraction of sp³-hybridized carbons (Fsp3) is 0.533. The fourth-order valence-electron chi connectivity index (χ4n) is 4.88. The first-order valence-electron chi connectivity index (χ1n) is 14.6. The van der Waals surface area contributed by atoms with Crippen molar-refractivity contribution in [3.8, 4) is 0 Å². The summed E-state index contributed by atoms with van der Waals surface area (Å²) in [5, 5.41) is 17.3. The summed E-state index contributed by atoms with van der Waals surface area (Å²) in [6, 6.07) is 3.33. The number of primary amides is 2. The molecule has 8 N–H and O–H groups in total. The lowest BCUT2D eigenvalue weighted by Crippen LogP contribution is -2.57. The highest BCUT2D eigenvalue weighted by Crippen LogP contribution is 2.22. The number of nitrogens with two attached hydrogens (primary N) is 2. The van der Waals surface area contributed by atoms with Gasteiger partial charge in [-0.2, -0.15) is 0 Å². The van der Waals surface area contributed by atoms with Gasteiger partial charge in [-0.3, -0.25) is 28.8 Å². The third kappa shape index (κ3) is 11.8. The lowest BCUT2D eigenvalue weighted by molar-refractivity contribution is -0.140. The predicted molar refractivity (Wildman–Crippen MR) is 160 cm³/mol. The number of hydrogen-bond donors (Lipinski definition) is 6. The summed E-state index contributed by atoms with van der Waals surface area (Å²) in [6.45, 7) is 2.15. The van der Waals surface area contributed by atoms with Crippen molar-refractivity contribution in [1.29, 1.82) is 0 Å². The highest BCUT2D eigenvalue weighted by atomic mass is 16.4. The van der Waals surface area contributed by atoms with E-state index in [9.17, 15) is 28.8 Å². The molecule has 13 nitrogen and oxygen atoms in total. The molecule has 0 saturated carbocycles. The number of rotatable bonds is 20. The van der Waals surface area contributed by atoms with Crippen LogP contribution in [-0.4, -0.2) is 63.3 Å². The normalized spacial score (nSPS) is 13.1. The summed E-state index contributed by atoms with van der Waals surface area (Å²) in [6.07, 6.45) is 7.88. The van der Waals surface area contributed by atoms with Gasteiger partial charge in [0.05, 0.1) is 12.8 Å². The number of nitrogens with one attached hydrogen (secondary N) is 3. The molecule has 0 aliphatic heterocycles. The third-order valence-corrected chi connectivity index (χ3v) is 7.14. The molecule has 236 valence electrons. The van der Waals surface area contributed by atoms with Gasteiger partial charge in [0.25, 0.3) is 0 Å². The van der Waals surface area contributed by atoms with Gasteiger partial charge < -0.3 is 37.1 Å². The van der Waals surface area contributed by atoms with Crippen LogP contribution in [-0.2, 0) is 42.2 Å². The molecule has 0 spiro atoms. The largest absolute Gasteiger partial charge is 0.481 e. The number of aliphatic carboxylic acids is 1. The van der Waals surface area contributed by atoms with Crippen LogP contribution in [0.5, 0.6) is 0 Å². The van der Waals surface area contributed by atoms with Gasteiger partial charge in [-0.05, 0) is 18.1 Å². The number of carbonyl (C=O) groups excluding carboxylic acids is 5. The first-order chi connectivity index (χ1) is 20.4. The van der Waals surface area contributed by atoms with Gasteiger partial charge >= 0.3 is 5.97 Å². The zero-order chi connectivity index (χ0) is 31.9. The van der Waals surface area contributed by atoms with Crippen LogP contribution in [0.3, 0.4) is 0 Å². The maximum absolute atomic E-state index is 13.5. The van der Waals surface area contributed by atoms with E-state index >= 15 is 0 Å². The minimum atomic E-state index is -1.58. The summed E-state index contributed by atoms with van der Waals surface area (Å²) < 4.78 is 1.90. The molecule has 2 rings (SSSR count). The quantitative estimate of drug-likeness (QED) is 0.122. The molecule has 0 aliphatic carbocycles. The summed E-state index contributed by atoms with van der Waals surface area (Å²) >= 11 is 0. The van der Waals surface area contributed by atoms with Crippen molar-refractivity contribution in [2.75, 3.05) is 0 Å². The number of benzene rings is 1. The van der Waals surface area contributed by atoms with E-state index in [1.54, 1.807) is 0 Å². The van der Waals surface area contributed by atoms with Crippen LogP contribution in [0.2, 0.25) is 0 Å². The zero-order valence-corrected chi connectivity index (χ0v) is 24.9. The number of aryl methyl sites for hydroxylation is 1. The molecule has 13 heteroatoms. The van der Waals surface area contributed by atoms with Crippen LogP contribution in [0.1, 0.15) is 76.7 Å². The number of carboxylic acids is 1. The minimum Gasteiger partial charge on any atom is -0.481 e. The average molecular weight is 601 g/mol. The standard InChI is InChI=1S/C30H44N6O7/c1-3-4-5-6-7-8-9-14-26(38)33-22(15-19-18-36(2)24-13-11-10-12-20(19)24)29(42)35-23(16-25(31)37)30(43)34-21(28(32)41)17-27(39)40/h10-13,18,21-23H,3-9,14-17H2,1-2H3,(H2,31,37)(H2,32,41)(H,33,38)(H,34,43)(H,35,42)(H,39,40). The molecule has 0 fully saturated rings. The Morgan fingerprint density at radius 3 is 2.05 bits per heavy atom. The van der Waals surface area contributed by atoms with Gasteiger partial charge in [-0.25, -0.2) is 0 Å². The topological polar surface area (TPSA) is 216 Å². The number of nitrogens with zero attached hydrogens (tertiary/aromatic N) is 1. The van der Waals surface area contributed by atoms with Crippen molar-refractivity contribution in [3.63, 3.8) is 0 Å². The van der Waals surface area contributed by atoms with Gasteiger partial charge in [0, 0.05) is 37.0 Å². The van der Waals surface area contributed by atoms with E-state index in [0.717, 1.165) is 48.6 Å². The molecule has 43 heavy (non-hydrogen) atoms. The number of carboxylic acid groups (broad SMARTS) is 1. The Morgan fingerprint density at radius 2 is 1.42 bits per heavy atom. The monoisotopic (exact) mass is 600 g/mol. The molecule has 3 atom stereocenters. The Morgan fingerprint density at radius 1 is 0.814 bits per heavy atom. The lowest BCUT2D eigenvalue weighted by atomic mass is 10.0. The Bertz CT molecular complexity index is 1290. The Balaban J connectivity index is 2.22. The van der Waals surface area contributed by atoms with E-state index in [1.165, 1.54) is 6.42 Å². The van der Waals surface area contributed by atoms with E-state index in [2.05, 4.69) is 22.9 Å². The van der Waals surface area contributed by atoms with E-state index < -0.39 is 60.6 Å². The zero-order valence-electron chi connectivity index (χ0n) is 24.9. The van der Waals surface area contributed by atoms with Gasteiger partial charge in [0.2, 0.25) is 29.5 Å². The Kier molecular flexibility index (Phi) is 14.2. The predicted octanol–water partition coefficient (Wildman–Crippen LogP) is 1.15. The van der Waals surface area contributed by atoms with Gasteiger partial charge in [0.1, 0.15) is 18.1 Å². The van der Waals surface area contributed by atoms with Crippen LogP contribution < -0.4 is 27.4 Å². The maximum Gasteiger partial charge on any atom is 0.305 e. The van der Waals surface area contributed by atoms with Gasteiger partial charge in [0.15, 0.2) is 0 Å². The highest BCUT2D eigenvalue weighted by Gasteiger charge is 2.31. The second kappa shape index (κ2) is 17.5. The number of amides is 5. The number of hydrogen-bond acceptors (Lipinski definition) is 6. The maximum atomic E-state index is 13.5. The van der Waals surface area contributed by atoms with E-state index in [0.29, 0.717) is 6.42 Å². The first kappa shape index (κ1) is 34.8. The second-order valence-corrected chi connectivity index (χ2v) is 10.8. The summed E-state index contributed by atoms with van der Waals surface area (Å²) in [4.78, 5) is 73.9. The van der Waals surface area contributed by atoms with Crippen molar-refractivity contribution in [2.24, 2.45) is 18.5 Å². The molecule has 0 bridgehead atoms. The van der Waals surface area contributed by atoms with E-state index in [4.69, 9.17) is 16.6 Å². The van der Waals surface area contributed by atoms with Gasteiger partial charge in [-0.15, -0.1) is 0 Å². The van der Waals surface area contributed by atoms with Crippen LogP contribution in [0.25, 0.3) is 10.9 Å². The van der Waals surface area contributed by atoms with E-state index in [1.807, 2.05) is 42.1 Å². The molecule has 3 unspecified atom stereocenters. The molecule has 1 aromatic carbocycles. The van der Waals surface area contributed by atoms with Crippen molar-refractivity contribution in [3.05, 3.63) is 36.0 Å². The molecule has 2 aromatic rings. The van der Waals surface area contributed by atoms with Crippen LogP contribution in [0.4, 0.5) is 0 Å². The lowest BCUT2D eigenvalue weighted by Gasteiger charge is -2.24. The molecular formula is C30H44N6O7. The van der Waals surface area contributed by atoms with E-state index in [-0.39, 0.29) is 18.7 Å². The number of unbranched alkanes of at least 4 members (excludes halogenated alkanes) is 6. The van der Waals surface area contributed by atoms with Gasteiger partial charge in [-0.1, -0.05) is 63.6 Å².